The van der Waals surface area contributed by atoms with Gasteiger partial charge in [-0.2, -0.15) is 5.10 Å². The standard InChI is InChI=1S/C35H47N5O6/c1-35(2,43)22-45-30-14-13-29-28(21-37-40(29)32(30)24-6-7-24)34(42)38-25-8-10-26(11-9-25)46-31-20-23(5-12-27(31)33(36)41)4-3-15-39-16-18-44-19-17-39/h5,12-14,20-21,24-26,43H,3-4,6-11,15-19,22H2,1-2H3,(H2,36,41)(H,38,42). The second-order valence-corrected chi connectivity index (χ2v) is 13.6. The summed E-state index contributed by atoms with van der Waals surface area (Å²) in [6.45, 7) is 8.14. The van der Waals surface area contributed by atoms with Gasteiger partial charge in [0.2, 0.25) is 0 Å². The largest absolute Gasteiger partial charge is 0.490 e. The second kappa shape index (κ2) is 14.0. The summed E-state index contributed by atoms with van der Waals surface area (Å²) < 4.78 is 19.6. The van der Waals surface area contributed by atoms with Crippen molar-refractivity contribution in [3.05, 3.63) is 58.9 Å². The third-order valence-electron chi connectivity index (χ3n) is 9.13. The fourth-order valence-electron chi connectivity index (χ4n) is 6.46. The number of hydrogen-bond acceptors (Lipinski definition) is 8. The average molecular weight is 634 g/mol. The molecule has 6 rings (SSSR count). The predicted molar refractivity (Wildman–Crippen MR) is 174 cm³/mol. The Hall–Kier alpha value is -3.67. The van der Waals surface area contributed by atoms with Crippen molar-refractivity contribution < 1.29 is 28.9 Å². The Labute approximate surface area is 270 Å². The molecule has 0 radical (unpaired) electrons. The van der Waals surface area contributed by atoms with Crippen molar-refractivity contribution in [3.63, 3.8) is 0 Å². The molecule has 46 heavy (non-hydrogen) atoms. The number of morpholine rings is 1. The number of carbonyl (C=O) groups is 2. The van der Waals surface area contributed by atoms with Crippen LogP contribution in [-0.2, 0) is 11.2 Å². The molecule has 11 heteroatoms. The lowest BCUT2D eigenvalue weighted by Crippen LogP contribution is -2.39. The number of amides is 2. The number of aliphatic hydroxyl groups is 1. The molecule has 1 aliphatic heterocycles. The van der Waals surface area contributed by atoms with Gasteiger partial charge in [0, 0.05) is 25.0 Å². The summed E-state index contributed by atoms with van der Waals surface area (Å²) in [6, 6.07) is 9.48. The number of nitrogens with two attached hydrogens (primary N) is 1. The Morgan fingerprint density at radius 2 is 1.80 bits per heavy atom. The highest BCUT2D eigenvalue weighted by Crippen LogP contribution is 2.44. The van der Waals surface area contributed by atoms with E-state index in [1.54, 1.807) is 26.1 Å². The van der Waals surface area contributed by atoms with E-state index in [1.165, 1.54) is 0 Å². The number of carbonyl (C=O) groups excluding carboxylic acids is 2. The second-order valence-electron chi connectivity index (χ2n) is 13.6. The van der Waals surface area contributed by atoms with E-state index in [0.29, 0.717) is 28.5 Å². The molecule has 0 unspecified atom stereocenters. The van der Waals surface area contributed by atoms with Crippen molar-refractivity contribution in [3.8, 4) is 11.5 Å². The third kappa shape index (κ3) is 8.00. The van der Waals surface area contributed by atoms with Crippen LogP contribution in [0, 0.1) is 0 Å². The normalized spacial score (nSPS) is 20.8. The Balaban J connectivity index is 1.04. The molecule has 11 nitrogen and oxygen atoms in total. The number of fused-ring (bicyclic) bond motifs is 1. The Morgan fingerprint density at radius 1 is 1.04 bits per heavy atom. The minimum absolute atomic E-state index is 0.0155. The maximum atomic E-state index is 13.4. The lowest BCUT2D eigenvalue weighted by Gasteiger charge is -2.30. The fraction of sp³-hybridized carbons (Fsp3) is 0.571. The SMILES string of the molecule is CC(C)(O)COc1ccc2c(C(=O)NC3CCC(Oc4cc(CCCN5CCOCC5)ccc4C(N)=O)CC3)cnn2c1C1CC1. The molecule has 0 bridgehead atoms. The van der Waals surface area contributed by atoms with E-state index in [0.717, 1.165) is 101 Å². The molecular weight excluding hydrogens is 586 g/mol. The van der Waals surface area contributed by atoms with Gasteiger partial charge in [0.25, 0.3) is 11.8 Å². The van der Waals surface area contributed by atoms with Crippen molar-refractivity contribution in [2.24, 2.45) is 5.73 Å². The van der Waals surface area contributed by atoms with Crippen molar-refractivity contribution in [1.29, 1.82) is 0 Å². The molecule has 2 saturated carbocycles. The highest BCUT2D eigenvalue weighted by molar-refractivity contribution is 6.01. The molecule has 248 valence electrons. The first-order valence-corrected chi connectivity index (χ1v) is 16.7. The van der Waals surface area contributed by atoms with E-state index < -0.39 is 11.5 Å². The quantitative estimate of drug-likeness (QED) is 0.258. The first kappa shape index (κ1) is 32.3. The lowest BCUT2D eigenvalue weighted by molar-refractivity contribution is 0.0279. The van der Waals surface area contributed by atoms with Gasteiger partial charge in [-0.15, -0.1) is 0 Å². The van der Waals surface area contributed by atoms with Crippen LogP contribution in [0.3, 0.4) is 0 Å². The Morgan fingerprint density at radius 3 is 2.50 bits per heavy atom. The molecule has 3 heterocycles. The van der Waals surface area contributed by atoms with E-state index in [9.17, 15) is 14.7 Å². The molecule has 1 aromatic carbocycles. The molecule has 1 saturated heterocycles. The van der Waals surface area contributed by atoms with E-state index in [1.807, 2.05) is 28.8 Å². The summed E-state index contributed by atoms with van der Waals surface area (Å²) in [7, 11) is 0. The van der Waals surface area contributed by atoms with Crippen molar-refractivity contribution in [2.45, 2.75) is 88.9 Å². The molecule has 2 aromatic heterocycles. The molecule has 4 N–H and O–H groups in total. The maximum Gasteiger partial charge on any atom is 0.255 e. The fourth-order valence-corrected chi connectivity index (χ4v) is 6.46. The molecule has 3 aromatic rings. The maximum absolute atomic E-state index is 13.4. The molecule has 0 spiro atoms. The van der Waals surface area contributed by atoms with E-state index in [4.69, 9.17) is 19.9 Å². The topological polar surface area (TPSA) is 141 Å². The number of nitrogens with zero attached hydrogens (tertiary/aromatic N) is 3. The Bertz CT molecular complexity index is 1530. The zero-order chi connectivity index (χ0) is 32.3. The number of rotatable bonds is 13. The first-order valence-electron chi connectivity index (χ1n) is 16.7. The van der Waals surface area contributed by atoms with Gasteiger partial charge < -0.3 is 30.4 Å². The number of nitrogens with one attached hydrogen (secondary N) is 1. The van der Waals surface area contributed by atoms with Crippen LogP contribution < -0.4 is 20.5 Å². The number of primary amides is 1. The van der Waals surface area contributed by atoms with Crippen LogP contribution in [0.4, 0.5) is 0 Å². The van der Waals surface area contributed by atoms with Crippen molar-refractivity contribution in [1.82, 2.24) is 19.8 Å². The number of benzene rings is 1. The average Bonchev–Trinajstić information content (AvgIpc) is 3.78. The lowest BCUT2D eigenvalue weighted by atomic mass is 9.92. The van der Waals surface area contributed by atoms with Crippen LogP contribution in [0.15, 0.2) is 36.5 Å². The van der Waals surface area contributed by atoms with Gasteiger partial charge in [0.1, 0.15) is 18.1 Å². The zero-order valence-electron chi connectivity index (χ0n) is 27.0. The van der Waals surface area contributed by atoms with Crippen LogP contribution in [0.2, 0.25) is 0 Å². The number of aromatic nitrogens is 2. The molecular formula is C35H47N5O6. The van der Waals surface area contributed by atoms with Gasteiger partial charge in [-0.05, 0) is 102 Å². The van der Waals surface area contributed by atoms with Gasteiger partial charge in [0.15, 0.2) is 0 Å². The number of pyridine rings is 1. The smallest absolute Gasteiger partial charge is 0.255 e. The Kier molecular flexibility index (Phi) is 9.81. The van der Waals surface area contributed by atoms with Gasteiger partial charge in [-0.1, -0.05) is 6.07 Å². The molecule has 0 atom stereocenters. The van der Waals surface area contributed by atoms with Gasteiger partial charge >= 0.3 is 0 Å². The minimum atomic E-state index is -0.952. The van der Waals surface area contributed by atoms with Gasteiger partial charge in [-0.25, -0.2) is 4.52 Å². The van der Waals surface area contributed by atoms with E-state index in [2.05, 4.69) is 15.3 Å². The predicted octanol–water partition coefficient (Wildman–Crippen LogP) is 3.85. The van der Waals surface area contributed by atoms with Gasteiger partial charge in [0.05, 0.1) is 53.5 Å². The highest BCUT2D eigenvalue weighted by Gasteiger charge is 2.32. The summed E-state index contributed by atoms with van der Waals surface area (Å²) in [6.07, 6.45) is 8.62. The molecule has 3 aliphatic rings. The summed E-state index contributed by atoms with van der Waals surface area (Å²) in [5.74, 6) is 0.936. The van der Waals surface area contributed by atoms with Crippen LogP contribution in [0.25, 0.3) is 5.52 Å². The van der Waals surface area contributed by atoms with E-state index >= 15 is 0 Å². The highest BCUT2D eigenvalue weighted by atomic mass is 16.5. The van der Waals surface area contributed by atoms with Crippen LogP contribution in [0.5, 0.6) is 11.5 Å². The van der Waals surface area contributed by atoms with Gasteiger partial charge in [-0.3, -0.25) is 14.5 Å². The third-order valence-corrected chi connectivity index (χ3v) is 9.13. The van der Waals surface area contributed by atoms with Crippen molar-refractivity contribution in [2.75, 3.05) is 39.5 Å². The number of ether oxygens (including phenoxy) is 3. The number of hydrogen-bond donors (Lipinski definition) is 3. The minimum Gasteiger partial charge on any atom is -0.490 e. The van der Waals surface area contributed by atoms with Crippen molar-refractivity contribution >= 4 is 17.3 Å². The van der Waals surface area contributed by atoms with Crippen LogP contribution >= 0.6 is 0 Å². The summed E-state index contributed by atoms with van der Waals surface area (Å²) in [4.78, 5) is 28.0. The summed E-state index contributed by atoms with van der Waals surface area (Å²) in [5, 5.41) is 17.9. The molecule has 3 fully saturated rings. The number of aryl methyl sites for hydroxylation is 1. The zero-order valence-corrected chi connectivity index (χ0v) is 27.0. The van der Waals surface area contributed by atoms with Crippen LogP contribution in [-0.4, -0.2) is 88.6 Å². The van der Waals surface area contributed by atoms with Crippen LogP contribution in [0.1, 0.15) is 96.7 Å². The molecule has 2 amide bonds. The monoisotopic (exact) mass is 633 g/mol. The van der Waals surface area contributed by atoms with E-state index in [-0.39, 0.29) is 24.7 Å². The first-order chi connectivity index (χ1) is 22.1. The summed E-state index contributed by atoms with van der Waals surface area (Å²) >= 11 is 0. The summed E-state index contributed by atoms with van der Waals surface area (Å²) in [5.41, 5.74) is 8.50. The molecule has 2 aliphatic carbocycles.